The summed E-state index contributed by atoms with van der Waals surface area (Å²) in [6.07, 6.45) is 0. The Morgan fingerprint density at radius 3 is 2.65 bits per heavy atom. The molecule has 5 nitrogen and oxygen atoms in total. The monoisotopic (exact) mass is 300 g/mol. The summed E-state index contributed by atoms with van der Waals surface area (Å²) in [7, 11) is 1.47. The van der Waals surface area contributed by atoms with Crippen LogP contribution in [0.3, 0.4) is 0 Å². The molecule has 1 rings (SSSR count). The number of carbonyl (C=O) groups is 2. The van der Waals surface area contributed by atoms with E-state index >= 15 is 0 Å². The van der Waals surface area contributed by atoms with Crippen molar-refractivity contribution >= 4 is 27.7 Å². The molecule has 1 aromatic carbocycles. The summed E-state index contributed by atoms with van der Waals surface area (Å²) in [6, 6.07) is 4.26. The van der Waals surface area contributed by atoms with E-state index < -0.39 is 17.9 Å². The van der Waals surface area contributed by atoms with Gasteiger partial charge in [0.05, 0.1) is 12.7 Å². The summed E-state index contributed by atoms with van der Waals surface area (Å²) >= 11 is 3.27. The van der Waals surface area contributed by atoms with Crippen molar-refractivity contribution in [3.05, 3.63) is 28.2 Å². The maximum atomic E-state index is 11.8. The quantitative estimate of drug-likeness (QED) is 0.872. The maximum absolute atomic E-state index is 11.8. The molecule has 0 bridgehead atoms. The van der Waals surface area contributed by atoms with Crippen LogP contribution in [0.15, 0.2) is 22.7 Å². The van der Waals surface area contributed by atoms with Crippen LogP contribution in [-0.2, 0) is 4.79 Å². The summed E-state index contributed by atoms with van der Waals surface area (Å²) < 4.78 is 5.88. The third-order valence-electron chi connectivity index (χ3n) is 2.18. The van der Waals surface area contributed by atoms with E-state index in [4.69, 9.17) is 10.5 Å². The Hall–Kier alpha value is -1.56. The molecule has 17 heavy (non-hydrogen) atoms. The van der Waals surface area contributed by atoms with E-state index in [-0.39, 0.29) is 0 Å². The van der Waals surface area contributed by atoms with Gasteiger partial charge < -0.3 is 15.8 Å². The minimum atomic E-state index is -0.726. The molecule has 0 aliphatic rings. The van der Waals surface area contributed by atoms with Gasteiger partial charge in [-0.1, -0.05) is 15.9 Å². The first kappa shape index (κ1) is 13.5. The van der Waals surface area contributed by atoms with E-state index in [2.05, 4.69) is 21.2 Å². The lowest BCUT2D eigenvalue weighted by atomic mass is 10.1. The molecule has 1 atom stereocenters. The number of nitrogens with two attached hydrogens (primary N) is 1. The van der Waals surface area contributed by atoms with Crippen molar-refractivity contribution in [1.82, 2.24) is 5.32 Å². The Kier molecular flexibility index (Phi) is 4.51. The van der Waals surface area contributed by atoms with Gasteiger partial charge in [0.2, 0.25) is 5.91 Å². The smallest absolute Gasteiger partial charge is 0.255 e. The maximum Gasteiger partial charge on any atom is 0.255 e. The lowest BCUT2D eigenvalue weighted by Gasteiger charge is -2.12. The molecule has 1 aromatic rings. The summed E-state index contributed by atoms with van der Waals surface area (Å²) in [4.78, 5) is 22.7. The number of methoxy groups -OCH3 is 1. The van der Waals surface area contributed by atoms with Crippen LogP contribution in [0, 0.1) is 0 Å². The Balaban J connectivity index is 2.92. The molecule has 0 unspecified atom stereocenters. The van der Waals surface area contributed by atoms with Gasteiger partial charge in [0.1, 0.15) is 11.8 Å². The highest BCUT2D eigenvalue weighted by Crippen LogP contribution is 2.23. The second-order valence-corrected chi connectivity index (χ2v) is 4.36. The topological polar surface area (TPSA) is 81.4 Å². The van der Waals surface area contributed by atoms with Crippen molar-refractivity contribution in [2.24, 2.45) is 5.73 Å². The number of rotatable bonds is 4. The van der Waals surface area contributed by atoms with Crippen molar-refractivity contribution in [2.75, 3.05) is 7.11 Å². The molecule has 0 spiro atoms. The zero-order valence-corrected chi connectivity index (χ0v) is 11.1. The number of primary amides is 1. The Morgan fingerprint density at radius 1 is 1.47 bits per heavy atom. The van der Waals surface area contributed by atoms with Crippen LogP contribution in [0.4, 0.5) is 0 Å². The first-order valence-electron chi connectivity index (χ1n) is 4.89. The largest absolute Gasteiger partial charge is 0.496 e. The van der Waals surface area contributed by atoms with Gasteiger partial charge in [0.15, 0.2) is 0 Å². The summed E-state index contributed by atoms with van der Waals surface area (Å²) in [6.45, 7) is 1.52. The Bertz CT molecular complexity index is 448. The van der Waals surface area contributed by atoms with Gasteiger partial charge >= 0.3 is 0 Å². The van der Waals surface area contributed by atoms with Crippen LogP contribution in [0.5, 0.6) is 5.75 Å². The molecule has 0 saturated carbocycles. The van der Waals surface area contributed by atoms with E-state index in [1.807, 2.05) is 0 Å². The molecule has 0 radical (unpaired) electrons. The molecular formula is C11H13BrN2O3. The molecule has 0 aliphatic carbocycles. The number of hydrogen-bond donors (Lipinski definition) is 2. The standard InChI is InChI=1S/C11H13BrN2O3/c1-6(10(13)15)14-11(16)8-4-3-7(12)5-9(8)17-2/h3-6H,1-2H3,(H2,13,15)(H,14,16)/t6-/m1/s1. The van der Waals surface area contributed by atoms with Crippen molar-refractivity contribution < 1.29 is 14.3 Å². The minimum absolute atomic E-state index is 0.351. The Labute approximate surface area is 107 Å². The van der Waals surface area contributed by atoms with Crippen molar-refractivity contribution in [3.63, 3.8) is 0 Å². The fraction of sp³-hybridized carbons (Fsp3) is 0.273. The molecule has 3 N–H and O–H groups in total. The highest BCUT2D eigenvalue weighted by Gasteiger charge is 2.17. The van der Waals surface area contributed by atoms with Gasteiger partial charge in [-0.15, -0.1) is 0 Å². The lowest BCUT2D eigenvalue weighted by Crippen LogP contribution is -2.42. The molecule has 0 aliphatic heterocycles. The second-order valence-electron chi connectivity index (χ2n) is 3.44. The highest BCUT2D eigenvalue weighted by molar-refractivity contribution is 9.10. The predicted molar refractivity (Wildman–Crippen MR) is 66.8 cm³/mol. The number of hydrogen-bond acceptors (Lipinski definition) is 3. The van der Waals surface area contributed by atoms with E-state index in [0.717, 1.165) is 4.47 Å². The predicted octanol–water partition coefficient (Wildman–Crippen LogP) is 1.06. The SMILES string of the molecule is COc1cc(Br)ccc1C(=O)N[C@H](C)C(N)=O. The summed E-state index contributed by atoms with van der Waals surface area (Å²) in [5.41, 5.74) is 5.42. The van der Waals surface area contributed by atoms with E-state index in [1.54, 1.807) is 18.2 Å². The summed E-state index contributed by atoms with van der Waals surface area (Å²) in [5.74, 6) is -0.566. The molecule has 0 aromatic heterocycles. The zero-order chi connectivity index (χ0) is 13.0. The van der Waals surface area contributed by atoms with Crippen molar-refractivity contribution in [3.8, 4) is 5.75 Å². The lowest BCUT2D eigenvalue weighted by molar-refractivity contribution is -0.119. The van der Waals surface area contributed by atoms with E-state index in [9.17, 15) is 9.59 Å². The molecular weight excluding hydrogens is 288 g/mol. The number of carbonyl (C=O) groups excluding carboxylic acids is 2. The summed E-state index contributed by atoms with van der Waals surface area (Å²) in [5, 5.41) is 2.48. The molecule has 92 valence electrons. The van der Waals surface area contributed by atoms with Gasteiger partial charge in [-0.3, -0.25) is 9.59 Å². The van der Waals surface area contributed by atoms with Gasteiger partial charge in [0.25, 0.3) is 5.91 Å². The average Bonchev–Trinajstić information content (AvgIpc) is 2.28. The highest BCUT2D eigenvalue weighted by atomic mass is 79.9. The van der Waals surface area contributed by atoms with Gasteiger partial charge in [-0.25, -0.2) is 0 Å². The zero-order valence-electron chi connectivity index (χ0n) is 9.49. The number of amides is 2. The van der Waals surface area contributed by atoms with Gasteiger partial charge in [-0.2, -0.15) is 0 Å². The fourth-order valence-electron chi connectivity index (χ4n) is 1.20. The van der Waals surface area contributed by atoms with Crippen LogP contribution >= 0.6 is 15.9 Å². The molecule has 2 amide bonds. The van der Waals surface area contributed by atoms with Crippen LogP contribution in [-0.4, -0.2) is 25.0 Å². The first-order chi connectivity index (χ1) is 7.95. The first-order valence-corrected chi connectivity index (χ1v) is 5.68. The molecule has 6 heteroatoms. The second kappa shape index (κ2) is 5.67. The van der Waals surface area contributed by atoms with Gasteiger partial charge in [-0.05, 0) is 25.1 Å². The van der Waals surface area contributed by atoms with Crippen LogP contribution < -0.4 is 15.8 Å². The number of nitrogens with one attached hydrogen (secondary N) is 1. The average molecular weight is 301 g/mol. The van der Waals surface area contributed by atoms with Gasteiger partial charge in [0, 0.05) is 4.47 Å². The van der Waals surface area contributed by atoms with Crippen molar-refractivity contribution in [2.45, 2.75) is 13.0 Å². The number of ether oxygens (including phenoxy) is 1. The van der Waals surface area contributed by atoms with Crippen LogP contribution in [0.25, 0.3) is 0 Å². The van der Waals surface area contributed by atoms with Crippen LogP contribution in [0.2, 0.25) is 0 Å². The molecule has 0 fully saturated rings. The van der Waals surface area contributed by atoms with Crippen molar-refractivity contribution in [1.29, 1.82) is 0 Å². The Morgan fingerprint density at radius 2 is 2.12 bits per heavy atom. The fourth-order valence-corrected chi connectivity index (χ4v) is 1.54. The van der Waals surface area contributed by atoms with Crippen LogP contribution in [0.1, 0.15) is 17.3 Å². The third-order valence-corrected chi connectivity index (χ3v) is 2.68. The van der Waals surface area contributed by atoms with E-state index in [1.165, 1.54) is 14.0 Å². The molecule has 0 heterocycles. The normalized spacial score (nSPS) is 11.7. The van der Waals surface area contributed by atoms with E-state index in [0.29, 0.717) is 11.3 Å². The minimum Gasteiger partial charge on any atom is -0.496 e. The third kappa shape index (κ3) is 3.45. The molecule has 0 saturated heterocycles. The number of benzene rings is 1. The number of halogens is 1.